The number of hydrogen-bond acceptors (Lipinski definition) is 6. The molecule has 1 heterocycles. The number of halogens is 1. The Hall–Kier alpha value is -4.80. The molecule has 0 bridgehead atoms. The van der Waals surface area contributed by atoms with Crippen LogP contribution in [0.1, 0.15) is 40.0 Å². The molecule has 5 rings (SSSR count). The number of aromatic nitrogens is 1. The number of ether oxygens (including phenoxy) is 2. The predicted molar refractivity (Wildman–Crippen MR) is 178 cm³/mol. The van der Waals surface area contributed by atoms with Gasteiger partial charge in [-0.05, 0) is 98.0 Å². The standard InChI is InChI=1S/C35H34ClN3O6S/c1-23-21-27(22-24(2)33(23)36)44-20-8-12-30-29-11-6-7-13-31(29)38-34(30)35(41)37-19-18-32(40)39-46(42,43)28-16-14-26(15-17-28)45-25-9-4-3-5-10-25/h3-7,9-11,13-17,21-22,38H,8,12,18-20H2,1-2H3,(H,37,41)(H,39,40). The third-order valence-electron chi connectivity index (χ3n) is 7.29. The summed E-state index contributed by atoms with van der Waals surface area (Å²) in [5.74, 6) is 0.675. The molecule has 0 spiro atoms. The Balaban J connectivity index is 1.14. The Labute approximate surface area is 272 Å². The van der Waals surface area contributed by atoms with Crippen molar-refractivity contribution in [2.24, 2.45) is 0 Å². The number of aryl methyl sites for hydroxylation is 3. The number of H-pyrrole nitrogens is 1. The lowest BCUT2D eigenvalue weighted by Gasteiger charge is -2.11. The van der Waals surface area contributed by atoms with Gasteiger partial charge in [0.2, 0.25) is 5.91 Å². The molecule has 1 aromatic heterocycles. The molecular weight excluding hydrogens is 626 g/mol. The van der Waals surface area contributed by atoms with Crippen molar-refractivity contribution in [2.75, 3.05) is 13.2 Å². The minimum absolute atomic E-state index is 0.0583. The lowest BCUT2D eigenvalue weighted by Crippen LogP contribution is -2.34. The number of hydrogen-bond donors (Lipinski definition) is 3. The van der Waals surface area contributed by atoms with Gasteiger partial charge in [0.05, 0.1) is 11.5 Å². The predicted octanol–water partition coefficient (Wildman–Crippen LogP) is 6.87. The van der Waals surface area contributed by atoms with Gasteiger partial charge in [0.15, 0.2) is 0 Å². The molecule has 0 radical (unpaired) electrons. The molecule has 0 aliphatic heterocycles. The highest BCUT2D eigenvalue weighted by Gasteiger charge is 2.20. The summed E-state index contributed by atoms with van der Waals surface area (Å²) in [5.41, 5.74) is 3.94. The first-order valence-electron chi connectivity index (χ1n) is 14.8. The van der Waals surface area contributed by atoms with Crippen LogP contribution in [0.3, 0.4) is 0 Å². The number of nitrogens with one attached hydrogen (secondary N) is 3. The van der Waals surface area contributed by atoms with Crippen LogP contribution in [0.15, 0.2) is 95.9 Å². The number of carbonyl (C=O) groups excluding carboxylic acids is 2. The largest absolute Gasteiger partial charge is 0.494 e. The Kier molecular flexibility index (Phi) is 10.3. The molecule has 238 valence electrons. The zero-order valence-electron chi connectivity index (χ0n) is 25.4. The van der Waals surface area contributed by atoms with Gasteiger partial charge in [-0.3, -0.25) is 9.59 Å². The van der Waals surface area contributed by atoms with E-state index in [1.54, 1.807) is 12.1 Å². The molecule has 0 saturated heterocycles. The summed E-state index contributed by atoms with van der Waals surface area (Å²) in [5, 5.41) is 4.38. The Morgan fingerprint density at radius 3 is 2.22 bits per heavy atom. The molecule has 0 fully saturated rings. The van der Waals surface area contributed by atoms with Crippen molar-refractivity contribution in [3.63, 3.8) is 0 Å². The van der Waals surface area contributed by atoms with E-state index >= 15 is 0 Å². The van der Waals surface area contributed by atoms with Crippen LogP contribution in [0.4, 0.5) is 0 Å². The third kappa shape index (κ3) is 8.07. The highest BCUT2D eigenvalue weighted by atomic mass is 35.5. The number of amides is 2. The van der Waals surface area contributed by atoms with Crippen LogP contribution in [0.25, 0.3) is 10.9 Å². The van der Waals surface area contributed by atoms with E-state index in [0.29, 0.717) is 36.6 Å². The van der Waals surface area contributed by atoms with Crippen LogP contribution in [-0.2, 0) is 21.2 Å². The van der Waals surface area contributed by atoms with E-state index in [4.69, 9.17) is 21.1 Å². The number of para-hydroxylation sites is 2. The molecule has 3 N–H and O–H groups in total. The van der Waals surface area contributed by atoms with Gasteiger partial charge < -0.3 is 19.8 Å². The third-order valence-corrected chi connectivity index (χ3v) is 9.27. The van der Waals surface area contributed by atoms with Gasteiger partial charge in [0, 0.05) is 28.9 Å². The molecule has 0 unspecified atom stereocenters. The van der Waals surface area contributed by atoms with E-state index in [2.05, 4.69) is 15.0 Å². The molecule has 0 aliphatic rings. The van der Waals surface area contributed by atoms with Crippen LogP contribution in [0.2, 0.25) is 5.02 Å². The summed E-state index contributed by atoms with van der Waals surface area (Å²) in [6.45, 7) is 4.25. The van der Waals surface area contributed by atoms with Crippen molar-refractivity contribution >= 4 is 44.3 Å². The Morgan fingerprint density at radius 1 is 0.848 bits per heavy atom. The van der Waals surface area contributed by atoms with Crippen LogP contribution < -0.4 is 19.5 Å². The number of rotatable bonds is 13. The number of carbonyl (C=O) groups is 2. The normalized spacial score (nSPS) is 11.3. The maximum atomic E-state index is 13.2. The van der Waals surface area contributed by atoms with E-state index < -0.39 is 15.9 Å². The van der Waals surface area contributed by atoms with Crippen LogP contribution in [0.5, 0.6) is 17.2 Å². The maximum Gasteiger partial charge on any atom is 0.268 e. The average Bonchev–Trinajstić information content (AvgIpc) is 3.41. The minimum Gasteiger partial charge on any atom is -0.494 e. The van der Waals surface area contributed by atoms with Crippen LogP contribution in [0, 0.1) is 13.8 Å². The fraction of sp³-hybridized carbons (Fsp3) is 0.200. The topological polar surface area (TPSA) is 127 Å². The van der Waals surface area contributed by atoms with Gasteiger partial charge in [0.25, 0.3) is 15.9 Å². The van der Waals surface area contributed by atoms with Gasteiger partial charge in [-0.15, -0.1) is 0 Å². The van der Waals surface area contributed by atoms with Crippen molar-refractivity contribution in [1.82, 2.24) is 15.0 Å². The van der Waals surface area contributed by atoms with Crippen molar-refractivity contribution in [1.29, 1.82) is 0 Å². The SMILES string of the molecule is Cc1cc(OCCCc2c(C(=O)NCCC(=O)NS(=O)(=O)c3ccc(Oc4ccccc4)cc3)[nH]c3ccccc23)cc(C)c1Cl. The van der Waals surface area contributed by atoms with Gasteiger partial charge in [-0.2, -0.15) is 0 Å². The number of benzene rings is 4. The summed E-state index contributed by atoms with van der Waals surface area (Å²) in [6, 6.07) is 26.2. The maximum absolute atomic E-state index is 13.2. The van der Waals surface area contributed by atoms with Crippen LogP contribution >= 0.6 is 11.6 Å². The summed E-state index contributed by atoms with van der Waals surface area (Å²) in [4.78, 5) is 28.8. The number of aromatic amines is 1. The Morgan fingerprint density at radius 2 is 1.50 bits per heavy atom. The quantitative estimate of drug-likeness (QED) is 0.119. The average molecular weight is 660 g/mol. The number of sulfonamides is 1. The molecule has 5 aromatic rings. The Bertz CT molecular complexity index is 1940. The summed E-state index contributed by atoms with van der Waals surface area (Å²) in [7, 11) is -4.11. The first-order valence-corrected chi connectivity index (χ1v) is 16.6. The molecule has 0 atom stereocenters. The first-order chi connectivity index (χ1) is 22.1. The van der Waals surface area contributed by atoms with Gasteiger partial charge in [0.1, 0.15) is 22.9 Å². The summed E-state index contributed by atoms with van der Waals surface area (Å²) < 4.78 is 39.2. The molecule has 0 saturated carbocycles. The summed E-state index contributed by atoms with van der Waals surface area (Å²) in [6.07, 6.45) is 0.998. The van der Waals surface area contributed by atoms with Gasteiger partial charge >= 0.3 is 0 Å². The van der Waals surface area contributed by atoms with Crippen molar-refractivity contribution in [2.45, 2.75) is 38.0 Å². The molecular formula is C35H34ClN3O6S. The van der Waals surface area contributed by atoms with E-state index in [0.717, 1.165) is 38.4 Å². The van der Waals surface area contributed by atoms with Crippen molar-refractivity contribution in [3.05, 3.63) is 118 Å². The van der Waals surface area contributed by atoms with Crippen molar-refractivity contribution < 1.29 is 27.5 Å². The highest BCUT2D eigenvalue weighted by Crippen LogP contribution is 2.27. The van der Waals surface area contributed by atoms with E-state index in [1.165, 1.54) is 24.3 Å². The smallest absolute Gasteiger partial charge is 0.268 e. The van der Waals surface area contributed by atoms with E-state index in [-0.39, 0.29) is 23.8 Å². The lowest BCUT2D eigenvalue weighted by molar-refractivity contribution is -0.119. The first kappa shape index (κ1) is 32.6. The monoisotopic (exact) mass is 659 g/mol. The lowest BCUT2D eigenvalue weighted by atomic mass is 10.1. The van der Waals surface area contributed by atoms with Gasteiger partial charge in [-0.25, -0.2) is 13.1 Å². The van der Waals surface area contributed by atoms with Gasteiger partial charge in [-0.1, -0.05) is 48.0 Å². The molecule has 4 aromatic carbocycles. The molecule has 46 heavy (non-hydrogen) atoms. The molecule has 9 nitrogen and oxygen atoms in total. The fourth-order valence-corrected chi connectivity index (χ4v) is 6.15. The zero-order chi connectivity index (χ0) is 32.7. The second-order valence-electron chi connectivity index (χ2n) is 10.8. The molecule has 0 aliphatic carbocycles. The second-order valence-corrected chi connectivity index (χ2v) is 12.8. The van der Waals surface area contributed by atoms with E-state index in [9.17, 15) is 18.0 Å². The number of fused-ring (bicyclic) bond motifs is 1. The summed E-state index contributed by atoms with van der Waals surface area (Å²) >= 11 is 6.26. The van der Waals surface area contributed by atoms with E-state index in [1.807, 2.05) is 68.4 Å². The van der Waals surface area contributed by atoms with Crippen LogP contribution in [-0.4, -0.2) is 38.4 Å². The second kappa shape index (κ2) is 14.5. The minimum atomic E-state index is -4.11. The molecule has 2 amide bonds. The molecule has 11 heteroatoms. The zero-order valence-corrected chi connectivity index (χ0v) is 27.0. The highest BCUT2D eigenvalue weighted by molar-refractivity contribution is 7.90. The van der Waals surface area contributed by atoms with Crippen molar-refractivity contribution in [3.8, 4) is 17.2 Å². The fourth-order valence-electron chi connectivity index (χ4n) is 5.03.